The van der Waals surface area contributed by atoms with Crippen LogP contribution in [0.4, 0.5) is 5.69 Å². The van der Waals surface area contributed by atoms with Crippen LogP contribution in [-0.2, 0) is 0 Å². The molecule has 1 aromatic heterocycles. The van der Waals surface area contributed by atoms with Gasteiger partial charge in [0, 0.05) is 0 Å². The molecule has 0 aliphatic carbocycles. The molecule has 104 valence electrons. The van der Waals surface area contributed by atoms with Gasteiger partial charge >= 0.3 is 0 Å². The van der Waals surface area contributed by atoms with Crippen LogP contribution in [0.5, 0.6) is 5.75 Å². The lowest BCUT2D eigenvalue weighted by Gasteiger charge is -2.33. The number of ether oxygens (including phenoxy) is 1. The lowest BCUT2D eigenvalue weighted by molar-refractivity contribution is 0.0964. The molecule has 1 atom stereocenters. The molecule has 0 N–H and O–H groups in total. The Morgan fingerprint density at radius 3 is 3.05 bits per heavy atom. The fraction of sp³-hybridized carbons (Fsp3) is 0.286. The van der Waals surface area contributed by atoms with Gasteiger partial charge in [0.05, 0.1) is 28.5 Å². The van der Waals surface area contributed by atoms with Gasteiger partial charge in [-0.05, 0) is 26.0 Å². The second kappa shape index (κ2) is 5.07. The lowest BCUT2D eigenvalue weighted by Crippen LogP contribution is -2.42. The molecule has 6 heteroatoms. The van der Waals surface area contributed by atoms with Gasteiger partial charge in [0.2, 0.25) is 0 Å². The molecule has 1 unspecified atom stereocenters. The summed E-state index contributed by atoms with van der Waals surface area (Å²) < 4.78 is 5.75. The predicted octanol–water partition coefficient (Wildman–Crippen LogP) is 3.53. The Kier molecular flexibility index (Phi) is 3.40. The van der Waals surface area contributed by atoms with Crippen LogP contribution in [0, 0.1) is 6.92 Å². The Morgan fingerprint density at radius 2 is 2.35 bits per heavy atom. The van der Waals surface area contributed by atoms with Crippen molar-refractivity contribution in [3.8, 4) is 5.75 Å². The predicted molar refractivity (Wildman–Crippen MR) is 80.1 cm³/mol. The van der Waals surface area contributed by atoms with Gasteiger partial charge in [-0.2, -0.15) is 0 Å². The first kappa shape index (κ1) is 13.4. The van der Waals surface area contributed by atoms with Crippen molar-refractivity contribution in [1.82, 2.24) is 4.98 Å². The summed E-state index contributed by atoms with van der Waals surface area (Å²) in [5, 5.41) is 0.521. The van der Waals surface area contributed by atoms with Gasteiger partial charge in [0.1, 0.15) is 11.0 Å². The van der Waals surface area contributed by atoms with Crippen molar-refractivity contribution in [2.24, 2.45) is 0 Å². The first-order valence-electron chi connectivity index (χ1n) is 6.25. The molecule has 1 aliphatic rings. The molecule has 0 saturated carbocycles. The summed E-state index contributed by atoms with van der Waals surface area (Å²) >= 11 is 7.52. The number of nitrogens with zero attached hydrogens (tertiary/aromatic N) is 2. The molecule has 1 aliphatic heterocycles. The van der Waals surface area contributed by atoms with Gasteiger partial charge in [-0.1, -0.05) is 17.7 Å². The number of benzene rings is 1. The van der Waals surface area contributed by atoms with Crippen molar-refractivity contribution in [1.29, 1.82) is 0 Å². The van der Waals surface area contributed by atoms with Crippen LogP contribution < -0.4 is 9.64 Å². The van der Waals surface area contributed by atoms with E-state index in [1.165, 1.54) is 11.3 Å². The third kappa shape index (κ3) is 2.17. The van der Waals surface area contributed by atoms with Crippen molar-refractivity contribution in [3.63, 3.8) is 0 Å². The Bertz CT molecular complexity index is 671. The first-order chi connectivity index (χ1) is 9.58. The van der Waals surface area contributed by atoms with E-state index in [1.54, 1.807) is 16.5 Å². The van der Waals surface area contributed by atoms with Crippen LogP contribution in [0.3, 0.4) is 0 Å². The number of rotatable bonds is 1. The number of aromatic nitrogens is 1. The van der Waals surface area contributed by atoms with Crippen molar-refractivity contribution >= 4 is 34.5 Å². The molecule has 0 saturated heterocycles. The molecule has 3 rings (SSSR count). The summed E-state index contributed by atoms with van der Waals surface area (Å²) in [6, 6.07) is 5.43. The number of para-hydroxylation sites is 1. The molecule has 1 amide bonds. The molecule has 0 bridgehead atoms. The summed E-state index contributed by atoms with van der Waals surface area (Å²) in [4.78, 5) is 19.2. The van der Waals surface area contributed by atoms with Crippen molar-refractivity contribution in [3.05, 3.63) is 39.3 Å². The number of thiazole rings is 1. The Hall–Kier alpha value is -1.59. The summed E-state index contributed by atoms with van der Waals surface area (Å²) in [6.45, 7) is 4.27. The minimum absolute atomic E-state index is 0.0522. The molecular formula is C14H13ClN2O2S. The molecule has 2 aromatic rings. The van der Waals surface area contributed by atoms with Gasteiger partial charge in [-0.25, -0.2) is 4.98 Å². The second-order valence-corrected chi connectivity index (χ2v) is 5.96. The third-order valence-corrected chi connectivity index (χ3v) is 4.39. The molecule has 1 aromatic carbocycles. The monoisotopic (exact) mass is 308 g/mol. The zero-order valence-corrected chi connectivity index (χ0v) is 12.7. The topological polar surface area (TPSA) is 42.4 Å². The normalized spacial score (nSPS) is 17.6. The standard InChI is InChI=1S/C14H13ClN2O2S/c1-8-6-17(14(18)13-9(2)16-7-20-13)11-5-3-4-10(15)12(11)19-8/h3-5,7-8H,6H2,1-2H3. The molecule has 0 spiro atoms. The van der Waals surface area contributed by atoms with Crippen LogP contribution in [0.15, 0.2) is 23.7 Å². The van der Waals surface area contributed by atoms with Crippen LogP contribution in [0.1, 0.15) is 22.3 Å². The number of carbonyl (C=O) groups excluding carboxylic acids is 1. The van der Waals surface area contributed by atoms with Crippen LogP contribution in [0.2, 0.25) is 5.02 Å². The molecule has 20 heavy (non-hydrogen) atoms. The highest BCUT2D eigenvalue weighted by atomic mass is 35.5. The molecule has 0 fully saturated rings. The summed E-state index contributed by atoms with van der Waals surface area (Å²) in [5.41, 5.74) is 3.15. The summed E-state index contributed by atoms with van der Waals surface area (Å²) in [7, 11) is 0. The Labute approximate surface area is 126 Å². The first-order valence-corrected chi connectivity index (χ1v) is 7.51. The molecule has 4 nitrogen and oxygen atoms in total. The van der Waals surface area contributed by atoms with E-state index in [4.69, 9.17) is 16.3 Å². The van der Waals surface area contributed by atoms with Gasteiger partial charge in [0.15, 0.2) is 5.75 Å². The fourth-order valence-corrected chi connectivity index (χ4v) is 3.21. The maximum Gasteiger partial charge on any atom is 0.270 e. The van der Waals surface area contributed by atoms with Crippen molar-refractivity contribution < 1.29 is 9.53 Å². The zero-order chi connectivity index (χ0) is 14.3. The summed E-state index contributed by atoms with van der Waals surface area (Å²) in [6.07, 6.45) is -0.0976. The maximum atomic E-state index is 12.7. The Morgan fingerprint density at radius 1 is 1.55 bits per heavy atom. The van der Waals surface area contributed by atoms with Crippen molar-refractivity contribution in [2.75, 3.05) is 11.4 Å². The summed E-state index contributed by atoms with van der Waals surface area (Å²) in [5.74, 6) is 0.520. The number of anilines is 1. The number of aryl methyl sites for hydroxylation is 1. The SMILES string of the molecule is Cc1ncsc1C(=O)N1CC(C)Oc2c(Cl)cccc21. The largest absolute Gasteiger partial charge is 0.485 e. The van der Waals surface area contributed by atoms with E-state index in [0.29, 0.717) is 27.9 Å². The number of fused-ring (bicyclic) bond motifs is 1. The van der Waals surface area contributed by atoms with Gasteiger partial charge < -0.3 is 9.64 Å². The lowest BCUT2D eigenvalue weighted by atomic mass is 10.2. The fourth-order valence-electron chi connectivity index (χ4n) is 2.24. The van der Waals surface area contributed by atoms with E-state index in [2.05, 4.69) is 4.98 Å². The average Bonchev–Trinajstić information content (AvgIpc) is 2.84. The van der Waals surface area contributed by atoms with E-state index in [0.717, 1.165) is 5.69 Å². The minimum atomic E-state index is -0.0976. The highest BCUT2D eigenvalue weighted by Crippen LogP contribution is 2.40. The Balaban J connectivity index is 2.05. The highest BCUT2D eigenvalue weighted by Gasteiger charge is 2.31. The van der Waals surface area contributed by atoms with Crippen molar-refractivity contribution in [2.45, 2.75) is 20.0 Å². The highest BCUT2D eigenvalue weighted by molar-refractivity contribution is 7.12. The van der Waals surface area contributed by atoms with E-state index in [9.17, 15) is 4.79 Å². The van der Waals surface area contributed by atoms with E-state index < -0.39 is 0 Å². The second-order valence-electron chi connectivity index (χ2n) is 4.70. The number of amides is 1. The number of hydrogen-bond donors (Lipinski definition) is 0. The zero-order valence-electron chi connectivity index (χ0n) is 11.1. The smallest absolute Gasteiger partial charge is 0.270 e. The molecule has 0 radical (unpaired) electrons. The van der Waals surface area contributed by atoms with Crippen LogP contribution in [-0.4, -0.2) is 23.5 Å². The van der Waals surface area contributed by atoms with Crippen LogP contribution in [0.25, 0.3) is 0 Å². The van der Waals surface area contributed by atoms with E-state index >= 15 is 0 Å². The third-order valence-electron chi connectivity index (χ3n) is 3.18. The van der Waals surface area contributed by atoms with E-state index in [1.807, 2.05) is 26.0 Å². The van der Waals surface area contributed by atoms with Gasteiger partial charge in [-0.3, -0.25) is 4.79 Å². The molecular weight excluding hydrogens is 296 g/mol. The average molecular weight is 309 g/mol. The van der Waals surface area contributed by atoms with E-state index in [-0.39, 0.29) is 12.0 Å². The van der Waals surface area contributed by atoms with Gasteiger partial charge in [-0.15, -0.1) is 11.3 Å². The minimum Gasteiger partial charge on any atom is -0.485 e. The van der Waals surface area contributed by atoms with Gasteiger partial charge in [0.25, 0.3) is 5.91 Å². The quantitative estimate of drug-likeness (QED) is 0.809. The molecule has 2 heterocycles. The number of hydrogen-bond acceptors (Lipinski definition) is 4. The van der Waals surface area contributed by atoms with Crippen LogP contribution >= 0.6 is 22.9 Å². The number of carbonyl (C=O) groups is 1. The maximum absolute atomic E-state index is 12.7. The number of halogens is 1.